The van der Waals surface area contributed by atoms with Crippen LogP contribution in [0.15, 0.2) is 23.1 Å². The minimum Gasteiger partial charge on any atom is -0.744 e. The maximum Gasteiger partial charge on any atom is 1.00 e. The van der Waals surface area contributed by atoms with E-state index in [9.17, 15) is 13.0 Å². The van der Waals surface area contributed by atoms with Gasteiger partial charge in [-0.25, -0.2) is 8.42 Å². The fourth-order valence-electron chi connectivity index (χ4n) is 0.720. The largest absolute Gasteiger partial charge is 1.00 e. The number of rotatable bonds is 1. The van der Waals surface area contributed by atoms with E-state index in [2.05, 4.69) is 0 Å². The molecule has 4 nitrogen and oxygen atoms in total. The molecule has 2 N–H and O–H groups in total. The number of nitrogen functional groups attached to an aromatic ring is 1. The summed E-state index contributed by atoms with van der Waals surface area (Å²) in [5, 5.41) is -0.148. The van der Waals surface area contributed by atoms with Gasteiger partial charge < -0.3 is 10.3 Å². The summed E-state index contributed by atoms with van der Waals surface area (Å²) < 4.78 is 31.5. The Kier molecular flexibility index (Phi) is 4.71. The monoisotopic (exact) mass is 229 g/mol. The SMILES string of the molecule is Nc1ccc(S(=O)(=O)[O-])c(Cl)c1.[Na+]. The second-order valence-electron chi connectivity index (χ2n) is 2.14. The van der Waals surface area contributed by atoms with Crippen LogP contribution in [0.4, 0.5) is 5.69 Å². The van der Waals surface area contributed by atoms with Crippen molar-refractivity contribution >= 4 is 27.4 Å². The predicted octanol–water partition coefficient (Wildman–Crippen LogP) is -2.17. The molecule has 1 aromatic carbocycles. The Bertz CT molecular complexity index is 406. The van der Waals surface area contributed by atoms with Gasteiger partial charge in [0.1, 0.15) is 10.1 Å². The first-order chi connectivity index (χ1) is 5.41. The first-order valence-electron chi connectivity index (χ1n) is 2.92. The smallest absolute Gasteiger partial charge is 0.744 e. The number of benzene rings is 1. The quantitative estimate of drug-likeness (QED) is 0.338. The molecule has 0 aliphatic carbocycles. The third kappa shape index (κ3) is 3.46. The summed E-state index contributed by atoms with van der Waals surface area (Å²) in [6.07, 6.45) is 0. The van der Waals surface area contributed by atoms with Gasteiger partial charge in [0.25, 0.3) is 0 Å². The van der Waals surface area contributed by atoms with E-state index in [0.29, 0.717) is 5.69 Å². The molecule has 0 atom stereocenters. The molecule has 7 heteroatoms. The first-order valence-corrected chi connectivity index (χ1v) is 4.71. The van der Waals surface area contributed by atoms with E-state index < -0.39 is 15.0 Å². The van der Waals surface area contributed by atoms with Gasteiger partial charge in [-0.3, -0.25) is 0 Å². The van der Waals surface area contributed by atoms with E-state index in [0.717, 1.165) is 6.07 Å². The molecule has 0 saturated heterocycles. The van der Waals surface area contributed by atoms with E-state index in [1.165, 1.54) is 12.1 Å². The average Bonchev–Trinajstić information content (AvgIpc) is 1.83. The molecule has 13 heavy (non-hydrogen) atoms. The van der Waals surface area contributed by atoms with E-state index in [4.69, 9.17) is 17.3 Å². The molecule has 66 valence electrons. The molecule has 0 aliphatic heterocycles. The van der Waals surface area contributed by atoms with Crippen LogP contribution in [0.5, 0.6) is 0 Å². The zero-order chi connectivity index (χ0) is 9.35. The fourth-order valence-corrected chi connectivity index (χ4v) is 1.72. The molecular formula is C6H5ClNNaO3S. The van der Waals surface area contributed by atoms with Crippen LogP contribution in [0.3, 0.4) is 0 Å². The molecule has 0 fully saturated rings. The van der Waals surface area contributed by atoms with E-state index in [1.807, 2.05) is 0 Å². The summed E-state index contributed by atoms with van der Waals surface area (Å²) in [5.41, 5.74) is 5.60. The van der Waals surface area contributed by atoms with Crippen molar-refractivity contribution < 1.29 is 42.5 Å². The normalized spacial score (nSPS) is 10.6. The van der Waals surface area contributed by atoms with E-state index >= 15 is 0 Å². The van der Waals surface area contributed by atoms with Crippen molar-refractivity contribution in [3.05, 3.63) is 23.2 Å². The summed E-state index contributed by atoms with van der Waals surface area (Å²) in [5.74, 6) is 0. The van der Waals surface area contributed by atoms with E-state index in [-0.39, 0.29) is 34.6 Å². The van der Waals surface area contributed by atoms with Crippen LogP contribution in [-0.2, 0) is 10.1 Å². The standard InChI is InChI=1S/C6H6ClNO3S.Na/c7-5-3-4(8)1-2-6(5)12(9,10)11;/h1-3H,8H2,(H,9,10,11);/q;+1/p-1. The molecule has 0 spiro atoms. The Balaban J connectivity index is 0.00000144. The number of hydrogen-bond acceptors (Lipinski definition) is 4. The number of nitrogens with two attached hydrogens (primary N) is 1. The molecule has 0 saturated carbocycles. The minimum absolute atomic E-state index is 0. The Morgan fingerprint density at radius 2 is 1.92 bits per heavy atom. The predicted molar refractivity (Wildman–Crippen MR) is 43.8 cm³/mol. The van der Waals surface area contributed by atoms with Gasteiger partial charge in [0.2, 0.25) is 0 Å². The maximum atomic E-state index is 10.5. The average molecular weight is 230 g/mol. The van der Waals surface area contributed by atoms with E-state index in [1.54, 1.807) is 0 Å². The first kappa shape index (κ1) is 13.2. The van der Waals surface area contributed by atoms with Crippen LogP contribution in [0.1, 0.15) is 0 Å². The van der Waals surface area contributed by atoms with Gasteiger partial charge in [-0.1, -0.05) is 11.6 Å². The van der Waals surface area contributed by atoms with Crippen LogP contribution in [0, 0.1) is 0 Å². The Labute approximate surface area is 103 Å². The van der Waals surface area contributed by atoms with Crippen LogP contribution < -0.4 is 35.3 Å². The van der Waals surface area contributed by atoms with Gasteiger partial charge in [-0.05, 0) is 18.2 Å². The van der Waals surface area contributed by atoms with Crippen molar-refractivity contribution in [1.29, 1.82) is 0 Å². The van der Waals surface area contributed by atoms with Gasteiger partial charge >= 0.3 is 29.6 Å². The fraction of sp³-hybridized carbons (Fsp3) is 0. The van der Waals surface area contributed by atoms with Crippen molar-refractivity contribution in [3.8, 4) is 0 Å². The summed E-state index contributed by atoms with van der Waals surface area (Å²) >= 11 is 5.45. The van der Waals surface area contributed by atoms with Crippen molar-refractivity contribution in [2.24, 2.45) is 0 Å². The van der Waals surface area contributed by atoms with Crippen molar-refractivity contribution in [1.82, 2.24) is 0 Å². The van der Waals surface area contributed by atoms with Crippen molar-refractivity contribution in [3.63, 3.8) is 0 Å². The minimum atomic E-state index is -4.49. The van der Waals surface area contributed by atoms with Crippen molar-refractivity contribution in [2.45, 2.75) is 4.90 Å². The molecule has 0 aliphatic rings. The number of anilines is 1. The Hall–Kier alpha value is 0.220. The van der Waals surface area contributed by atoms with Crippen LogP contribution in [0.25, 0.3) is 0 Å². The second kappa shape index (κ2) is 4.63. The molecule has 0 amide bonds. The Morgan fingerprint density at radius 1 is 1.38 bits per heavy atom. The summed E-state index contributed by atoms with van der Waals surface area (Å²) in [4.78, 5) is -0.446. The van der Waals surface area contributed by atoms with Crippen LogP contribution in [-0.4, -0.2) is 13.0 Å². The molecule has 0 radical (unpaired) electrons. The molecule has 1 aromatic rings. The summed E-state index contributed by atoms with van der Waals surface area (Å²) in [7, 11) is -4.49. The third-order valence-electron chi connectivity index (χ3n) is 1.23. The summed E-state index contributed by atoms with van der Waals surface area (Å²) in [6.45, 7) is 0. The number of hydrogen-bond donors (Lipinski definition) is 1. The molecule has 0 bridgehead atoms. The Morgan fingerprint density at radius 3 is 2.31 bits per heavy atom. The zero-order valence-electron chi connectivity index (χ0n) is 6.82. The second-order valence-corrected chi connectivity index (χ2v) is 3.90. The molecular weight excluding hydrogens is 225 g/mol. The van der Waals surface area contributed by atoms with Gasteiger partial charge in [0, 0.05) is 5.69 Å². The molecule has 0 aromatic heterocycles. The van der Waals surface area contributed by atoms with Gasteiger partial charge in [-0.15, -0.1) is 0 Å². The maximum absolute atomic E-state index is 10.5. The molecule has 0 unspecified atom stereocenters. The van der Waals surface area contributed by atoms with Gasteiger partial charge in [0.15, 0.2) is 0 Å². The topological polar surface area (TPSA) is 83.2 Å². The van der Waals surface area contributed by atoms with Crippen molar-refractivity contribution in [2.75, 3.05) is 5.73 Å². The van der Waals surface area contributed by atoms with Gasteiger partial charge in [-0.2, -0.15) is 0 Å². The third-order valence-corrected chi connectivity index (χ3v) is 2.54. The number of halogens is 1. The van der Waals surface area contributed by atoms with Crippen LogP contribution in [0.2, 0.25) is 5.02 Å². The molecule has 1 rings (SSSR count). The summed E-state index contributed by atoms with van der Waals surface area (Å²) in [6, 6.07) is 3.60. The van der Waals surface area contributed by atoms with Gasteiger partial charge in [0.05, 0.1) is 9.92 Å². The molecule has 0 heterocycles. The van der Waals surface area contributed by atoms with Crippen LogP contribution >= 0.6 is 11.6 Å². The zero-order valence-corrected chi connectivity index (χ0v) is 10.4.